The Bertz CT molecular complexity index is 284. The van der Waals surface area contributed by atoms with Gasteiger partial charge in [0.1, 0.15) is 5.82 Å². The maximum Gasteiger partial charge on any atom is 0.105 e. The summed E-state index contributed by atoms with van der Waals surface area (Å²) in [5.74, 6) is 1.15. The van der Waals surface area contributed by atoms with Gasteiger partial charge >= 0.3 is 0 Å². The monoisotopic (exact) mass is 178 g/mol. The van der Waals surface area contributed by atoms with Crippen molar-refractivity contribution in [2.24, 2.45) is 5.41 Å². The molecule has 0 bridgehead atoms. The van der Waals surface area contributed by atoms with E-state index in [0.29, 0.717) is 5.41 Å². The lowest BCUT2D eigenvalue weighted by molar-refractivity contribution is 0.384. The van der Waals surface area contributed by atoms with Crippen molar-refractivity contribution >= 4 is 0 Å². The predicted octanol–water partition coefficient (Wildman–Crippen LogP) is 2.77. The molecule has 2 rings (SSSR count). The van der Waals surface area contributed by atoms with E-state index in [1.54, 1.807) is 0 Å². The molecule has 72 valence electrons. The highest BCUT2D eigenvalue weighted by atomic mass is 15.1. The number of rotatable bonds is 4. The van der Waals surface area contributed by atoms with Crippen LogP contribution in [0.25, 0.3) is 0 Å². The molecule has 1 fully saturated rings. The van der Waals surface area contributed by atoms with Crippen molar-refractivity contribution < 1.29 is 0 Å². The van der Waals surface area contributed by atoms with E-state index in [1.165, 1.54) is 32.2 Å². The maximum atomic E-state index is 4.25. The minimum absolute atomic E-state index is 0.639. The molecule has 0 atom stereocenters. The molecule has 1 aromatic rings. The van der Waals surface area contributed by atoms with Crippen LogP contribution in [0.1, 0.15) is 38.4 Å². The second kappa shape index (κ2) is 3.17. The van der Waals surface area contributed by atoms with Gasteiger partial charge < -0.3 is 4.57 Å². The second-order valence-electron chi connectivity index (χ2n) is 4.35. The number of nitrogens with zero attached hydrogens (tertiary/aromatic N) is 2. The lowest BCUT2D eigenvalue weighted by Gasteiger charge is -2.15. The molecule has 0 N–H and O–H groups in total. The highest BCUT2D eigenvalue weighted by Gasteiger charge is 2.41. The van der Waals surface area contributed by atoms with Crippen molar-refractivity contribution in [3.63, 3.8) is 0 Å². The Kier molecular flexibility index (Phi) is 2.14. The molecule has 0 radical (unpaired) electrons. The minimum atomic E-state index is 0.639. The number of hydrogen-bond donors (Lipinski definition) is 0. The minimum Gasteiger partial charge on any atom is -0.335 e. The van der Waals surface area contributed by atoms with Gasteiger partial charge in [-0.3, -0.25) is 0 Å². The average molecular weight is 178 g/mol. The Morgan fingerprint density at radius 1 is 1.54 bits per heavy atom. The average Bonchev–Trinajstić information content (AvgIpc) is 2.73. The SMILES string of the molecule is CCCC1(Cn2ccnc2C)CC1. The highest BCUT2D eigenvalue weighted by molar-refractivity contribution is 4.97. The summed E-state index contributed by atoms with van der Waals surface area (Å²) in [5, 5.41) is 0. The van der Waals surface area contributed by atoms with Crippen LogP contribution in [-0.2, 0) is 6.54 Å². The maximum absolute atomic E-state index is 4.25. The molecular weight excluding hydrogens is 160 g/mol. The Morgan fingerprint density at radius 3 is 2.77 bits per heavy atom. The first-order valence-corrected chi connectivity index (χ1v) is 5.23. The van der Waals surface area contributed by atoms with E-state index in [1.807, 2.05) is 6.20 Å². The van der Waals surface area contributed by atoms with Gasteiger partial charge in [0.15, 0.2) is 0 Å². The first kappa shape index (κ1) is 8.79. The van der Waals surface area contributed by atoms with Gasteiger partial charge in [0.05, 0.1) is 0 Å². The normalized spacial score (nSPS) is 18.9. The Balaban J connectivity index is 2.02. The number of imidazole rings is 1. The summed E-state index contributed by atoms with van der Waals surface area (Å²) >= 11 is 0. The number of aromatic nitrogens is 2. The molecule has 0 spiro atoms. The molecular formula is C11H18N2. The van der Waals surface area contributed by atoms with Gasteiger partial charge in [-0.15, -0.1) is 0 Å². The Morgan fingerprint density at radius 2 is 2.31 bits per heavy atom. The standard InChI is InChI=1S/C11H18N2/c1-3-4-11(5-6-11)9-13-8-7-12-10(13)2/h7-8H,3-6,9H2,1-2H3. The summed E-state index contributed by atoms with van der Waals surface area (Å²) in [4.78, 5) is 4.25. The summed E-state index contributed by atoms with van der Waals surface area (Å²) in [6.07, 6.45) is 9.53. The van der Waals surface area contributed by atoms with Crippen LogP contribution in [0.15, 0.2) is 12.4 Å². The molecule has 0 unspecified atom stereocenters. The van der Waals surface area contributed by atoms with E-state index in [9.17, 15) is 0 Å². The fraction of sp³-hybridized carbons (Fsp3) is 0.727. The zero-order valence-corrected chi connectivity index (χ0v) is 8.58. The van der Waals surface area contributed by atoms with Crippen molar-refractivity contribution in [3.8, 4) is 0 Å². The fourth-order valence-corrected chi connectivity index (χ4v) is 2.13. The number of hydrogen-bond acceptors (Lipinski definition) is 1. The molecule has 1 aliphatic rings. The van der Waals surface area contributed by atoms with Crippen molar-refractivity contribution in [1.82, 2.24) is 9.55 Å². The summed E-state index contributed by atoms with van der Waals surface area (Å²) in [6.45, 7) is 5.55. The van der Waals surface area contributed by atoms with Crippen LogP contribution in [0.3, 0.4) is 0 Å². The Labute approximate surface area is 80.0 Å². The van der Waals surface area contributed by atoms with E-state index in [4.69, 9.17) is 0 Å². The smallest absolute Gasteiger partial charge is 0.105 e. The van der Waals surface area contributed by atoms with Crippen LogP contribution < -0.4 is 0 Å². The Hall–Kier alpha value is -0.790. The third kappa shape index (κ3) is 1.77. The van der Waals surface area contributed by atoms with E-state index in [2.05, 4.69) is 29.6 Å². The van der Waals surface area contributed by atoms with E-state index >= 15 is 0 Å². The van der Waals surface area contributed by atoms with Crippen LogP contribution in [0, 0.1) is 12.3 Å². The fourth-order valence-electron chi connectivity index (χ4n) is 2.13. The van der Waals surface area contributed by atoms with E-state index < -0.39 is 0 Å². The van der Waals surface area contributed by atoms with Gasteiger partial charge in [-0.25, -0.2) is 4.98 Å². The largest absolute Gasteiger partial charge is 0.335 e. The molecule has 0 aromatic carbocycles. The van der Waals surface area contributed by atoms with Gasteiger partial charge in [-0.05, 0) is 31.6 Å². The van der Waals surface area contributed by atoms with E-state index in [-0.39, 0.29) is 0 Å². The van der Waals surface area contributed by atoms with Crippen molar-refractivity contribution in [2.45, 2.75) is 46.1 Å². The first-order valence-electron chi connectivity index (χ1n) is 5.23. The lowest BCUT2D eigenvalue weighted by Crippen LogP contribution is -2.11. The van der Waals surface area contributed by atoms with Crippen molar-refractivity contribution in [1.29, 1.82) is 0 Å². The predicted molar refractivity (Wildman–Crippen MR) is 53.5 cm³/mol. The topological polar surface area (TPSA) is 17.8 Å². The zero-order chi connectivity index (χ0) is 9.31. The molecule has 1 aliphatic carbocycles. The molecule has 1 heterocycles. The van der Waals surface area contributed by atoms with Gasteiger partial charge in [-0.2, -0.15) is 0 Å². The molecule has 0 aliphatic heterocycles. The lowest BCUT2D eigenvalue weighted by atomic mass is 10.0. The third-order valence-electron chi connectivity index (χ3n) is 3.17. The van der Waals surface area contributed by atoms with Crippen molar-refractivity contribution in [2.75, 3.05) is 0 Å². The number of aryl methyl sites for hydroxylation is 1. The van der Waals surface area contributed by atoms with Crippen LogP contribution in [0.4, 0.5) is 0 Å². The third-order valence-corrected chi connectivity index (χ3v) is 3.17. The van der Waals surface area contributed by atoms with Gasteiger partial charge in [0.2, 0.25) is 0 Å². The molecule has 0 saturated heterocycles. The van der Waals surface area contributed by atoms with Gasteiger partial charge in [-0.1, -0.05) is 13.3 Å². The second-order valence-corrected chi connectivity index (χ2v) is 4.35. The molecule has 0 amide bonds. The highest BCUT2D eigenvalue weighted by Crippen LogP contribution is 2.50. The summed E-state index contributed by atoms with van der Waals surface area (Å²) in [6, 6.07) is 0. The molecule has 1 aromatic heterocycles. The van der Waals surface area contributed by atoms with Gasteiger partial charge in [0, 0.05) is 18.9 Å². The first-order chi connectivity index (χ1) is 6.26. The van der Waals surface area contributed by atoms with E-state index in [0.717, 1.165) is 5.82 Å². The van der Waals surface area contributed by atoms with Gasteiger partial charge in [0.25, 0.3) is 0 Å². The quantitative estimate of drug-likeness (QED) is 0.693. The van der Waals surface area contributed by atoms with Crippen LogP contribution in [-0.4, -0.2) is 9.55 Å². The summed E-state index contributed by atoms with van der Waals surface area (Å²) in [5.41, 5.74) is 0.639. The molecule has 13 heavy (non-hydrogen) atoms. The van der Waals surface area contributed by atoms with Crippen LogP contribution in [0.5, 0.6) is 0 Å². The zero-order valence-electron chi connectivity index (χ0n) is 8.58. The summed E-state index contributed by atoms with van der Waals surface area (Å²) < 4.78 is 2.29. The van der Waals surface area contributed by atoms with Crippen LogP contribution in [0.2, 0.25) is 0 Å². The van der Waals surface area contributed by atoms with Crippen LogP contribution >= 0.6 is 0 Å². The molecule has 2 nitrogen and oxygen atoms in total. The summed E-state index contributed by atoms with van der Waals surface area (Å²) in [7, 11) is 0. The molecule has 2 heteroatoms. The van der Waals surface area contributed by atoms with Crippen molar-refractivity contribution in [3.05, 3.63) is 18.2 Å². The molecule has 1 saturated carbocycles.